The Bertz CT molecular complexity index is 480. The fourth-order valence-electron chi connectivity index (χ4n) is 2.54. The molecule has 0 N–H and O–H groups in total. The van der Waals surface area contributed by atoms with E-state index >= 15 is 0 Å². The zero-order valence-corrected chi connectivity index (χ0v) is 13.0. The van der Waals surface area contributed by atoms with E-state index in [9.17, 15) is 0 Å². The number of alkyl halides is 1. The van der Waals surface area contributed by atoms with Crippen LogP contribution in [0, 0.1) is 0 Å². The molecule has 5 heteroatoms. The quantitative estimate of drug-likeness (QED) is 0.755. The van der Waals surface area contributed by atoms with Gasteiger partial charge in [-0.05, 0) is 37.5 Å². The van der Waals surface area contributed by atoms with Crippen LogP contribution in [0.4, 0.5) is 0 Å². The van der Waals surface area contributed by atoms with Gasteiger partial charge in [-0.15, -0.1) is 11.6 Å². The van der Waals surface area contributed by atoms with Gasteiger partial charge >= 0.3 is 0 Å². The molecule has 0 aromatic heterocycles. The topological polar surface area (TPSA) is 27.7 Å². The Labute approximate surface area is 126 Å². The molecule has 1 aromatic carbocycles. The number of ether oxygens (including phenoxy) is 3. The van der Waals surface area contributed by atoms with Crippen molar-refractivity contribution in [2.24, 2.45) is 0 Å². The van der Waals surface area contributed by atoms with Crippen molar-refractivity contribution >= 4 is 27.5 Å². The lowest BCUT2D eigenvalue weighted by Gasteiger charge is -2.23. The van der Waals surface area contributed by atoms with Crippen LogP contribution in [-0.2, 0) is 4.74 Å². The monoisotopic (exact) mass is 346 g/mol. The smallest absolute Gasteiger partial charge is 0.162 e. The van der Waals surface area contributed by atoms with Crippen molar-refractivity contribution in [3.63, 3.8) is 0 Å². The Kier molecular flexibility index (Phi) is 3.92. The molecular formula is C14H16BrClO3. The molecule has 1 aromatic rings. The minimum atomic E-state index is -0.171. The lowest BCUT2D eigenvalue weighted by Crippen LogP contribution is -2.18. The summed E-state index contributed by atoms with van der Waals surface area (Å²) in [6.07, 6.45) is 2.42. The average molecular weight is 348 g/mol. The minimum absolute atomic E-state index is 0.0653. The summed E-state index contributed by atoms with van der Waals surface area (Å²) in [5.41, 5.74) is 1.00. The zero-order chi connectivity index (χ0) is 13.4. The molecule has 3 unspecified atom stereocenters. The Morgan fingerprint density at radius 3 is 2.53 bits per heavy atom. The van der Waals surface area contributed by atoms with E-state index in [0.717, 1.165) is 34.4 Å². The highest BCUT2D eigenvalue weighted by Crippen LogP contribution is 2.43. The summed E-state index contributed by atoms with van der Waals surface area (Å²) in [5.74, 6) is 1.53. The first-order valence-corrected chi connectivity index (χ1v) is 7.76. The molecule has 2 aliphatic heterocycles. The second-order valence-electron chi connectivity index (χ2n) is 4.98. The third kappa shape index (κ3) is 2.71. The van der Waals surface area contributed by atoms with Gasteiger partial charge in [0, 0.05) is 4.47 Å². The first-order chi connectivity index (χ1) is 9.15. The Balaban J connectivity index is 1.87. The maximum Gasteiger partial charge on any atom is 0.162 e. The van der Waals surface area contributed by atoms with Gasteiger partial charge in [-0.25, -0.2) is 0 Å². The van der Waals surface area contributed by atoms with E-state index in [-0.39, 0.29) is 11.5 Å². The number of hydrogen-bond donors (Lipinski definition) is 0. The van der Waals surface area contributed by atoms with Crippen LogP contribution in [0.3, 0.4) is 0 Å². The maximum absolute atomic E-state index is 6.57. The maximum atomic E-state index is 6.57. The fourth-order valence-corrected chi connectivity index (χ4v) is 3.61. The molecule has 0 amide bonds. The minimum Gasteiger partial charge on any atom is -0.486 e. The third-order valence-corrected chi connectivity index (χ3v) is 4.75. The number of benzene rings is 1. The summed E-state index contributed by atoms with van der Waals surface area (Å²) in [6, 6.07) is 3.89. The molecule has 3 rings (SSSR count). The van der Waals surface area contributed by atoms with Gasteiger partial charge in [0.25, 0.3) is 0 Å². The number of halogens is 2. The van der Waals surface area contributed by atoms with Crippen molar-refractivity contribution in [1.82, 2.24) is 0 Å². The van der Waals surface area contributed by atoms with Gasteiger partial charge in [0.1, 0.15) is 13.2 Å². The predicted octanol–water partition coefficient (Wildman–Crippen LogP) is 4.07. The average Bonchev–Trinajstić information content (AvgIpc) is 2.84. The molecule has 19 heavy (non-hydrogen) atoms. The molecule has 2 aliphatic rings. The van der Waals surface area contributed by atoms with E-state index in [2.05, 4.69) is 22.9 Å². The Morgan fingerprint density at radius 2 is 1.89 bits per heavy atom. The van der Waals surface area contributed by atoms with E-state index in [1.807, 2.05) is 12.1 Å². The van der Waals surface area contributed by atoms with Crippen LogP contribution in [-0.4, -0.2) is 25.4 Å². The summed E-state index contributed by atoms with van der Waals surface area (Å²) in [6.45, 7) is 3.26. The van der Waals surface area contributed by atoms with Gasteiger partial charge in [-0.2, -0.15) is 0 Å². The molecule has 0 saturated carbocycles. The van der Waals surface area contributed by atoms with Crippen LogP contribution < -0.4 is 9.47 Å². The summed E-state index contributed by atoms with van der Waals surface area (Å²) < 4.78 is 18.0. The van der Waals surface area contributed by atoms with Crippen molar-refractivity contribution in [3.8, 4) is 11.5 Å². The standard InChI is InChI=1S/C14H16BrClO3/c1-8-2-3-11(19-8)14(16)9-6-12-13(7-10(9)15)18-5-4-17-12/h6-8,11,14H,2-5H2,1H3. The van der Waals surface area contributed by atoms with Gasteiger partial charge in [0.15, 0.2) is 11.5 Å². The largest absolute Gasteiger partial charge is 0.486 e. The van der Waals surface area contributed by atoms with E-state index in [1.54, 1.807) is 0 Å². The van der Waals surface area contributed by atoms with Crippen molar-refractivity contribution in [1.29, 1.82) is 0 Å². The van der Waals surface area contributed by atoms with E-state index < -0.39 is 0 Å². The molecule has 0 bridgehead atoms. The highest BCUT2D eigenvalue weighted by atomic mass is 79.9. The van der Waals surface area contributed by atoms with Crippen molar-refractivity contribution < 1.29 is 14.2 Å². The molecule has 3 nitrogen and oxygen atoms in total. The van der Waals surface area contributed by atoms with Crippen LogP contribution in [0.5, 0.6) is 11.5 Å². The highest BCUT2D eigenvalue weighted by molar-refractivity contribution is 9.10. The molecule has 1 saturated heterocycles. The predicted molar refractivity (Wildman–Crippen MR) is 77.3 cm³/mol. The Morgan fingerprint density at radius 1 is 1.21 bits per heavy atom. The lowest BCUT2D eigenvalue weighted by molar-refractivity contribution is 0.0531. The van der Waals surface area contributed by atoms with Crippen molar-refractivity contribution in [2.75, 3.05) is 13.2 Å². The summed E-state index contributed by atoms with van der Waals surface area (Å²) >= 11 is 10.1. The van der Waals surface area contributed by atoms with Crippen LogP contribution in [0.1, 0.15) is 30.7 Å². The fraction of sp³-hybridized carbons (Fsp3) is 0.571. The number of hydrogen-bond acceptors (Lipinski definition) is 3. The molecule has 0 aliphatic carbocycles. The third-order valence-electron chi connectivity index (χ3n) is 3.55. The van der Waals surface area contributed by atoms with Gasteiger partial charge in [0.05, 0.1) is 17.6 Å². The SMILES string of the molecule is CC1CCC(C(Cl)c2cc3c(cc2Br)OCCO3)O1. The molecule has 0 radical (unpaired) electrons. The second kappa shape index (κ2) is 5.51. The van der Waals surface area contributed by atoms with Crippen molar-refractivity contribution in [2.45, 2.75) is 37.4 Å². The number of rotatable bonds is 2. The van der Waals surface area contributed by atoms with E-state index in [1.165, 1.54) is 0 Å². The first-order valence-electron chi connectivity index (χ1n) is 6.53. The molecule has 1 fully saturated rings. The van der Waals surface area contributed by atoms with Gasteiger partial charge in [-0.3, -0.25) is 0 Å². The summed E-state index contributed by atoms with van der Waals surface area (Å²) in [4.78, 5) is 0. The Hall–Kier alpha value is -0.450. The van der Waals surface area contributed by atoms with Gasteiger partial charge < -0.3 is 14.2 Å². The second-order valence-corrected chi connectivity index (χ2v) is 6.31. The molecular weight excluding hydrogens is 332 g/mol. The van der Waals surface area contributed by atoms with Gasteiger partial charge in [0.2, 0.25) is 0 Å². The van der Waals surface area contributed by atoms with Crippen LogP contribution in [0.25, 0.3) is 0 Å². The zero-order valence-electron chi connectivity index (χ0n) is 10.7. The van der Waals surface area contributed by atoms with E-state index in [0.29, 0.717) is 19.3 Å². The number of fused-ring (bicyclic) bond motifs is 1. The highest BCUT2D eigenvalue weighted by Gasteiger charge is 2.31. The van der Waals surface area contributed by atoms with Crippen LogP contribution in [0.15, 0.2) is 16.6 Å². The molecule has 2 heterocycles. The van der Waals surface area contributed by atoms with Gasteiger partial charge in [-0.1, -0.05) is 15.9 Å². The summed E-state index contributed by atoms with van der Waals surface area (Å²) in [5, 5.41) is -0.171. The molecule has 104 valence electrons. The normalized spacial score (nSPS) is 27.3. The first kappa shape index (κ1) is 13.5. The summed E-state index contributed by atoms with van der Waals surface area (Å²) in [7, 11) is 0. The van der Waals surface area contributed by atoms with Crippen molar-refractivity contribution in [3.05, 3.63) is 22.2 Å². The van der Waals surface area contributed by atoms with Crippen LogP contribution >= 0.6 is 27.5 Å². The lowest BCUT2D eigenvalue weighted by atomic mass is 10.0. The van der Waals surface area contributed by atoms with Crippen LogP contribution in [0.2, 0.25) is 0 Å². The molecule has 0 spiro atoms. The molecule has 3 atom stereocenters. The van der Waals surface area contributed by atoms with E-state index in [4.69, 9.17) is 25.8 Å².